The molecule has 0 radical (unpaired) electrons. The van der Waals surface area contributed by atoms with E-state index in [-0.39, 0.29) is 12.7 Å². The third-order valence-corrected chi connectivity index (χ3v) is 4.08. The van der Waals surface area contributed by atoms with Crippen LogP contribution >= 0.6 is 15.9 Å². The topological polar surface area (TPSA) is 32.7 Å². The Hall–Kier alpha value is -0.420. The van der Waals surface area contributed by atoms with Crippen LogP contribution in [0.15, 0.2) is 28.7 Å². The molecule has 0 bridgehead atoms. The molecule has 1 heterocycles. The smallest absolute Gasteiger partial charge is 0.0932 e. The molecule has 18 heavy (non-hydrogen) atoms. The Balaban J connectivity index is 1.73. The Morgan fingerprint density at radius 3 is 3.00 bits per heavy atom. The minimum Gasteiger partial charge on any atom is -0.394 e. The maximum absolute atomic E-state index is 9.09. The van der Waals surface area contributed by atoms with Gasteiger partial charge in [-0.3, -0.25) is 4.90 Å². The van der Waals surface area contributed by atoms with Gasteiger partial charge in [-0.2, -0.15) is 0 Å². The molecule has 1 saturated heterocycles. The highest BCUT2D eigenvalue weighted by atomic mass is 79.9. The number of aliphatic hydroxyl groups is 1. The second kappa shape index (κ2) is 7.24. The molecule has 1 unspecified atom stereocenters. The van der Waals surface area contributed by atoms with E-state index < -0.39 is 0 Å². The number of aliphatic hydroxyl groups excluding tert-OH is 1. The fourth-order valence-electron chi connectivity index (χ4n) is 2.29. The van der Waals surface area contributed by atoms with Crippen LogP contribution in [-0.4, -0.2) is 49.0 Å². The van der Waals surface area contributed by atoms with Gasteiger partial charge in [-0.1, -0.05) is 34.1 Å². The van der Waals surface area contributed by atoms with Crippen LogP contribution < -0.4 is 0 Å². The molecule has 4 heteroatoms. The van der Waals surface area contributed by atoms with E-state index in [0.29, 0.717) is 0 Å². The summed E-state index contributed by atoms with van der Waals surface area (Å²) in [6.45, 7) is 3.76. The van der Waals surface area contributed by atoms with Crippen molar-refractivity contribution in [3.63, 3.8) is 0 Å². The summed E-state index contributed by atoms with van der Waals surface area (Å²) < 4.78 is 6.64. The Kier molecular flexibility index (Phi) is 5.63. The van der Waals surface area contributed by atoms with E-state index >= 15 is 0 Å². The van der Waals surface area contributed by atoms with Crippen molar-refractivity contribution in [1.29, 1.82) is 0 Å². The third-order valence-electron chi connectivity index (χ3n) is 3.30. The van der Waals surface area contributed by atoms with Crippen molar-refractivity contribution in [2.75, 3.05) is 32.8 Å². The lowest BCUT2D eigenvalue weighted by Gasteiger charge is -2.31. The molecule has 1 N–H and O–H groups in total. The van der Waals surface area contributed by atoms with E-state index in [1.165, 1.54) is 10.0 Å². The zero-order chi connectivity index (χ0) is 12.8. The van der Waals surface area contributed by atoms with E-state index in [0.717, 1.165) is 39.1 Å². The number of morpholine rings is 1. The average molecular weight is 314 g/mol. The highest BCUT2D eigenvalue weighted by molar-refractivity contribution is 9.10. The van der Waals surface area contributed by atoms with Gasteiger partial charge in [0.1, 0.15) is 0 Å². The zero-order valence-corrected chi connectivity index (χ0v) is 12.1. The molecule has 1 aliphatic rings. The van der Waals surface area contributed by atoms with Gasteiger partial charge in [-0.15, -0.1) is 0 Å². The van der Waals surface area contributed by atoms with E-state index in [1.807, 2.05) is 6.07 Å². The van der Waals surface area contributed by atoms with Crippen molar-refractivity contribution in [1.82, 2.24) is 4.90 Å². The van der Waals surface area contributed by atoms with Crippen molar-refractivity contribution >= 4 is 15.9 Å². The average Bonchev–Trinajstić information content (AvgIpc) is 2.41. The minimum atomic E-state index is 0.00205. The molecule has 1 aromatic rings. The van der Waals surface area contributed by atoms with Gasteiger partial charge >= 0.3 is 0 Å². The van der Waals surface area contributed by atoms with Crippen molar-refractivity contribution < 1.29 is 9.84 Å². The first-order chi connectivity index (χ1) is 8.79. The summed E-state index contributed by atoms with van der Waals surface area (Å²) in [4.78, 5) is 2.38. The summed E-state index contributed by atoms with van der Waals surface area (Å²) in [5.74, 6) is 0. The Morgan fingerprint density at radius 1 is 1.39 bits per heavy atom. The van der Waals surface area contributed by atoms with Crippen LogP contribution in [0.4, 0.5) is 0 Å². The van der Waals surface area contributed by atoms with Gasteiger partial charge in [-0.25, -0.2) is 0 Å². The molecule has 100 valence electrons. The zero-order valence-electron chi connectivity index (χ0n) is 10.5. The van der Waals surface area contributed by atoms with Crippen LogP contribution in [0, 0.1) is 0 Å². The fourth-order valence-corrected chi connectivity index (χ4v) is 2.77. The lowest BCUT2D eigenvalue weighted by molar-refractivity contribution is -0.0527. The summed E-state index contributed by atoms with van der Waals surface area (Å²) in [7, 11) is 0. The van der Waals surface area contributed by atoms with Gasteiger partial charge in [0.05, 0.1) is 19.3 Å². The van der Waals surface area contributed by atoms with Gasteiger partial charge in [0.15, 0.2) is 0 Å². The molecule has 0 spiro atoms. The van der Waals surface area contributed by atoms with Crippen LogP contribution in [0.1, 0.15) is 12.0 Å². The van der Waals surface area contributed by atoms with Crippen molar-refractivity contribution in [2.45, 2.75) is 18.9 Å². The third kappa shape index (κ3) is 4.05. The van der Waals surface area contributed by atoms with E-state index in [1.54, 1.807) is 0 Å². The first-order valence-electron chi connectivity index (χ1n) is 6.48. The number of benzene rings is 1. The molecule has 0 saturated carbocycles. The van der Waals surface area contributed by atoms with Gasteiger partial charge < -0.3 is 9.84 Å². The minimum absolute atomic E-state index is 0.00205. The molecule has 3 nitrogen and oxygen atoms in total. The summed E-state index contributed by atoms with van der Waals surface area (Å²) in [5.41, 5.74) is 1.37. The van der Waals surface area contributed by atoms with E-state index in [2.05, 4.69) is 39.0 Å². The maximum atomic E-state index is 9.09. The predicted octanol–water partition coefficient (Wildman–Crippen LogP) is 2.07. The molecule has 0 amide bonds. The molecule has 1 fully saturated rings. The molecule has 0 aromatic heterocycles. The predicted molar refractivity (Wildman–Crippen MR) is 75.7 cm³/mol. The number of halogens is 1. The maximum Gasteiger partial charge on any atom is 0.0932 e. The SMILES string of the molecule is OCC1CN(CCCc2ccccc2Br)CCO1. The quantitative estimate of drug-likeness (QED) is 0.903. The van der Waals surface area contributed by atoms with Crippen molar-refractivity contribution in [3.8, 4) is 0 Å². The van der Waals surface area contributed by atoms with Gasteiger partial charge in [0, 0.05) is 17.6 Å². The lowest BCUT2D eigenvalue weighted by Crippen LogP contribution is -2.44. The van der Waals surface area contributed by atoms with Gasteiger partial charge in [0.25, 0.3) is 0 Å². The number of ether oxygens (including phenoxy) is 1. The highest BCUT2D eigenvalue weighted by Crippen LogP contribution is 2.17. The molecule has 1 aliphatic heterocycles. The fraction of sp³-hybridized carbons (Fsp3) is 0.571. The summed E-state index contributed by atoms with van der Waals surface area (Å²) in [5, 5.41) is 9.09. The highest BCUT2D eigenvalue weighted by Gasteiger charge is 2.18. The standard InChI is InChI=1S/C14H20BrNO2/c15-14-6-2-1-4-12(14)5-3-7-16-8-9-18-13(10-16)11-17/h1-2,4,6,13,17H,3,5,7-11H2. The van der Waals surface area contributed by atoms with E-state index in [9.17, 15) is 0 Å². The number of hydrogen-bond donors (Lipinski definition) is 1. The van der Waals surface area contributed by atoms with Crippen LogP contribution in [-0.2, 0) is 11.2 Å². The summed E-state index contributed by atoms with van der Waals surface area (Å²) >= 11 is 3.58. The summed E-state index contributed by atoms with van der Waals surface area (Å²) in [6, 6.07) is 8.38. The number of aryl methyl sites for hydroxylation is 1. The monoisotopic (exact) mass is 313 g/mol. The van der Waals surface area contributed by atoms with Crippen molar-refractivity contribution in [3.05, 3.63) is 34.3 Å². The molecule has 1 aromatic carbocycles. The Labute approximate surface area is 117 Å². The molecular weight excluding hydrogens is 294 g/mol. The van der Waals surface area contributed by atoms with Crippen LogP contribution in [0.25, 0.3) is 0 Å². The largest absolute Gasteiger partial charge is 0.394 e. The molecule has 2 rings (SSSR count). The van der Waals surface area contributed by atoms with Crippen molar-refractivity contribution in [2.24, 2.45) is 0 Å². The van der Waals surface area contributed by atoms with Crippen LogP contribution in [0.5, 0.6) is 0 Å². The number of nitrogens with zero attached hydrogens (tertiary/aromatic N) is 1. The lowest BCUT2D eigenvalue weighted by atomic mass is 10.1. The number of hydrogen-bond acceptors (Lipinski definition) is 3. The second-order valence-electron chi connectivity index (χ2n) is 4.67. The van der Waals surface area contributed by atoms with E-state index in [4.69, 9.17) is 9.84 Å². The molecule has 1 atom stereocenters. The first-order valence-corrected chi connectivity index (χ1v) is 7.27. The Morgan fingerprint density at radius 2 is 2.22 bits per heavy atom. The normalized spacial score (nSPS) is 21.1. The second-order valence-corrected chi connectivity index (χ2v) is 5.53. The molecular formula is C14H20BrNO2. The van der Waals surface area contributed by atoms with Gasteiger partial charge in [0.2, 0.25) is 0 Å². The number of rotatable bonds is 5. The summed E-state index contributed by atoms with van der Waals surface area (Å²) in [6.07, 6.45) is 2.23. The van der Waals surface area contributed by atoms with Crippen LogP contribution in [0.2, 0.25) is 0 Å². The van der Waals surface area contributed by atoms with Crippen LogP contribution in [0.3, 0.4) is 0 Å². The van der Waals surface area contributed by atoms with Gasteiger partial charge in [-0.05, 0) is 31.0 Å². The first kappa shape index (κ1) is 14.0. The Bertz CT molecular complexity index is 373. The molecule has 0 aliphatic carbocycles.